The zero-order valence-corrected chi connectivity index (χ0v) is 10.9. The third-order valence-electron chi connectivity index (χ3n) is 4.16. The Bertz CT molecular complexity index is 337. The summed E-state index contributed by atoms with van der Waals surface area (Å²) in [4.78, 5) is 25.5. The van der Waals surface area contributed by atoms with Crippen molar-refractivity contribution in [2.75, 3.05) is 19.6 Å². The Morgan fingerprint density at radius 3 is 2.72 bits per heavy atom. The van der Waals surface area contributed by atoms with E-state index >= 15 is 0 Å². The van der Waals surface area contributed by atoms with Gasteiger partial charge < -0.3 is 15.3 Å². The molecule has 0 bridgehead atoms. The number of carboxylic acids is 1. The standard InChI is InChI=1S/C13H22N2O3/c1-13(6-4-7-14-9-13)12(18)15-8-3-2-5-10(15)11(16)17/h10,14H,2-9H2,1H3,(H,16,17). The average molecular weight is 254 g/mol. The van der Waals surface area contributed by atoms with Crippen molar-refractivity contribution in [2.24, 2.45) is 5.41 Å². The van der Waals surface area contributed by atoms with Crippen LogP contribution in [0.2, 0.25) is 0 Å². The summed E-state index contributed by atoms with van der Waals surface area (Å²) in [6, 6.07) is -0.620. The van der Waals surface area contributed by atoms with Crippen LogP contribution in [0.15, 0.2) is 0 Å². The second-order valence-corrected chi connectivity index (χ2v) is 5.69. The first kappa shape index (κ1) is 13.3. The van der Waals surface area contributed by atoms with Gasteiger partial charge >= 0.3 is 5.97 Å². The Morgan fingerprint density at radius 1 is 1.33 bits per heavy atom. The topological polar surface area (TPSA) is 69.6 Å². The molecule has 5 heteroatoms. The van der Waals surface area contributed by atoms with Crippen molar-refractivity contribution in [2.45, 2.75) is 45.1 Å². The van der Waals surface area contributed by atoms with E-state index in [9.17, 15) is 14.7 Å². The van der Waals surface area contributed by atoms with Crippen LogP contribution in [-0.4, -0.2) is 47.6 Å². The van der Waals surface area contributed by atoms with Crippen LogP contribution in [-0.2, 0) is 9.59 Å². The summed E-state index contributed by atoms with van der Waals surface area (Å²) in [5.41, 5.74) is -0.427. The highest BCUT2D eigenvalue weighted by molar-refractivity contribution is 5.87. The number of carbonyl (C=O) groups is 2. The zero-order chi connectivity index (χ0) is 13.2. The molecule has 0 saturated carbocycles. The summed E-state index contributed by atoms with van der Waals surface area (Å²) in [6.07, 6.45) is 4.23. The molecule has 2 atom stereocenters. The van der Waals surface area contributed by atoms with Gasteiger partial charge in [0.2, 0.25) is 5.91 Å². The number of piperidine rings is 2. The highest BCUT2D eigenvalue weighted by Crippen LogP contribution is 2.31. The van der Waals surface area contributed by atoms with Crippen LogP contribution >= 0.6 is 0 Å². The van der Waals surface area contributed by atoms with Crippen LogP contribution in [0.3, 0.4) is 0 Å². The van der Waals surface area contributed by atoms with E-state index in [0.717, 1.165) is 32.2 Å². The predicted molar refractivity (Wildman–Crippen MR) is 67.2 cm³/mol. The number of rotatable bonds is 2. The van der Waals surface area contributed by atoms with E-state index in [4.69, 9.17) is 0 Å². The van der Waals surface area contributed by atoms with Gasteiger partial charge in [-0.3, -0.25) is 4.79 Å². The molecule has 2 rings (SSSR count). The summed E-state index contributed by atoms with van der Waals surface area (Å²) < 4.78 is 0. The van der Waals surface area contributed by atoms with Gasteiger partial charge in [0.05, 0.1) is 5.41 Å². The van der Waals surface area contributed by atoms with Gasteiger partial charge in [-0.25, -0.2) is 4.79 Å². The average Bonchev–Trinajstić information content (AvgIpc) is 2.38. The lowest BCUT2D eigenvalue weighted by molar-refractivity contribution is -0.157. The van der Waals surface area contributed by atoms with Crippen molar-refractivity contribution in [3.8, 4) is 0 Å². The largest absolute Gasteiger partial charge is 0.480 e. The van der Waals surface area contributed by atoms with E-state index in [0.29, 0.717) is 19.5 Å². The van der Waals surface area contributed by atoms with E-state index in [-0.39, 0.29) is 5.91 Å². The quantitative estimate of drug-likeness (QED) is 0.766. The lowest BCUT2D eigenvalue weighted by Gasteiger charge is -2.41. The van der Waals surface area contributed by atoms with Gasteiger partial charge in [0.15, 0.2) is 0 Å². The van der Waals surface area contributed by atoms with Gasteiger partial charge in [-0.05, 0) is 45.6 Å². The molecule has 2 unspecified atom stereocenters. The van der Waals surface area contributed by atoms with E-state index < -0.39 is 17.4 Å². The van der Waals surface area contributed by atoms with Crippen LogP contribution in [0, 0.1) is 5.41 Å². The number of hydrogen-bond acceptors (Lipinski definition) is 3. The maximum Gasteiger partial charge on any atom is 0.326 e. The van der Waals surface area contributed by atoms with Crippen LogP contribution in [0.5, 0.6) is 0 Å². The number of carbonyl (C=O) groups excluding carboxylic acids is 1. The lowest BCUT2D eigenvalue weighted by Crippen LogP contribution is -2.56. The van der Waals surface area contributed by atoms with Crippen molar-refractivity contribution in [3.63, 3.8) is 0 Å². The highest BCUT2D eigenvalue weighted by Gasteiger charge is 2.42. The second-order valence-electron chi connectivity index (χ2n) is 5.69. The molecule has 1 amide bonds. The third-order valence-corrected chi connectivity index (χ3v) is 4.16. The summed E-state index contributed by atoms with van der Waals surface area (Å²) in [5, 5.41) is 12.5. The van der Waals surface area contributed by atoms with Crippen LogP contribution in [0.1, 0.15) is 39.0 Å². The molecule has 2 aliphatic rings. The molecule has 0 radical (unpaired) electrons. The predicted octanol–water partition coefficient (Wildman–Crippen LogP) is 0.842. The first-order chi connectivity index (χ1) is 8.54. The molecular weight excluding hydrogens is 232 g/mol. The van der Waals surface area contributed by atoms with Crippen molar-refractivity contribution < 1.29 is 14.7 Å². The SMILES string of the molecule is CC1(C(=O)N2CCCCC2C(=O)O)CCCNC1. The molecule has 2 heterocycles. The van der Waals surface area contributed by atoms with Crippen LogP contribution in [0.4, 0.5) is 0 Å². The maximum absolute atomic E-state index is 12.6. The monoisotopic (exact) mass is 254 g/mol. The number of carboxylic acid groups (broad SMARTS) is 1. The Kier molecular flexibility index (Phi) is 3.90. The number of aliphatic carboxylic acids is 1. The van der Waals surface area contributed by atoms with Gasteiger partial charge in [-0.2, -0.15) is 0 Å². The molecule has 0 aromatic carbocycles. The Morgan fingerprint density at radius 2 is 2.11 bits per heavy atom. The molecule has 0 aromatic heterocycles. The number of likely N-dealkylation sites (tertiary alicyclic amines) is 1. The molecule has 102 valence electrons. The highest BCUT2D eigenvalue weighted by atomic mass is 16.4. The van der Waals surface area contributed by atoms with Gasteiger partial charge in [0.25, 0.3) is 0 Å². The molecular formula is C13H22N2O3. The first-order valence-electron chi connectivity index (χ1n) is 6.79. The van der Waals surface area contributed by atoms with E-state index in [1.54, 1.807) is 4.90 Å². The number of amides is 1. The van der Waals surface area contributed by atoms with Gasteiger partial charge in [-0.15, -0.1) is 0 Å². The van der Waals surface area contributed by atoms with Crippen molar-refractivity contribution >= 4 is 11.9 Å². The van der Waals surface area contributed by atoms with Gasteiger partial charge in [-0.1, -0.05) is 0 Å². The minimum atomic E-state index is -0.865. The Labute approximate surface area is 108 Å². The first-order valence-corrected chi connectivity index (χ1v) is 6.79. The molecule has 5 nitrogen and oxygen atoms in total. The summed E-state index contributed by atoms with van der Waals surface area (Å²) in [5.74, 6) is -0.850. The van der Waals surface area contributed by atoms with E-state index in [1.807, 2.05) is 6.92 Å². The second kappa shape index (κ2) is 5.26. The van der Waals surface area contributed by atoms with Crippen molar-refractivity contribution in [1.29, 1.82) is 0 Å². The zero-order valence-electron chi connectivity index (χ0n) is 10.9. The summed E-state index contributed by atoms with van der Waals surface area (Å²) in [7, 11) is 0. The fraction of sp³-hybridized carbons (Fsp3) is 0.846. The fourth-order valence-electron chi connectivity index (χ4n) is 3.02. The van der Waals surface area contributed by atoms with Crippen molar-refractivity contribution in [3.05, 3.63) is 0 Å². The Hall–Kier alpha value is -1.10. The van der Waals surface area contributed by atoms with Crippen LogP contribution < -0.4 is 5.32 Å². The summed E-state index contributed by atoms with van der Waals surface area (Å²) >= 11 is 0. The van der Waals surface area contributed by atoms with Crippen molar-refractivity contribution in [1.82, 2.24) is 10.2 Å². The molecule has 0 aromatic rings. The van der Waals surface area contributed by atoms with E-state index in [2.05, 4.69) is 5.32 Å². The smallest absolute Gasteiger partial charge is 0.326 e. The van der Waals surface area contributed by atoms with E-state index in [1.165, 1.54) is 0 Å². The molecule has 2 fully saturated rings. The minimum Gasteiger partial charge on any atom is -0.480 e. The van der Waals surface area contributed by atoms with Gasteiger partial charge in [0.1, 0.15) is 6.04 Å². The Balaban J connectivity index is 2.12. The number of nitrogens with one attached hydrogen (secondary N) is 1. The molecule has 2 aliphatic heterocycles. The number of hydrogen-bond donors (Lipinski definition) is 2. The molecule has 18 heavy (non-hydrogen) atoms. The fourth-order valence-corrected chi connectivity index (χ4v) is 3.02. The molecule has 0 aliphatic carbocycles. The van der Waals surface area contributed by atoms with Crippen LogP contribution in [0.25, 0.3) is 0 Å². The normalized spacial score (nSPS) is 33.2. The molecule has 0 spiro atoms. The third kappa shape index (κ3) is 2.51. The number of nitrogens with zero attached hydrogens (tertiary/aromatic N) is 1. The lowest BCUT2D eigenvalue weighted by atomic mass is 9.80. The summed E-state index contributed by atoms with van der Waals surface area (Å²) in [6.45, 7) is 4.15. The molecule has 2 saturated heterocycles. The maximum atomic E-state index is 12.6. The molecule has 2 N–H and O–H groups in total. The van der Waals surface area contributed by atoms with Gasteiger partial charge in [0, 0.05) is 13.1 Å². The minimum absolute atomic E-state index is 0.0156.